The smallest absolute Gasteiger partial charge is 0.360 e. The predicted octanol–water partition coefficient (Wildman–Crippen LogP) is 6.93. The molecule has 0 amide bonds. The molecule has 4 aromatic rings. The molecule has 2 aromatic carbocycles. The zero-order valence-electron chi connectivity index (χ0n) is 19.9. The Morgan fingerprint density at radius 1 is 0.943 bits per heavy atom. The second-order valence-corrected chi connectivity index (χ2v) is 15.1. The SMILES string of the molecule is C[Si](C)(C)CCOCn1nc(C(F)(F)F)c2c(N=C(c3ccccc3)c3ccccc3)cncc21. The molecule has 0 saturated heterocycles. The van der Waals surface area contributed by atoms with Gasteiger partial charge in [0.25, 0.3) is 0 Å². The zero-order chi connectivity index (χ0) is 25.1. The number of rotatable bonds is 8. The molecule has 9 heteroatoms. The second-order valence-electron chi connectivity index (χ2n) is 9.44. The lowest BCUT2D eigenvalue weighted by Gasteiger charge is -2.15. The molecule has 0 radical (unpaired) electrons. The van der Waals surface area contributed by atoms with E-state index in [2.05, 4.69) is 29.7 Å². The number of pyridine rings is 1. The quantitative estimate of drug-likeness (QED) is 0.151. The summed E-state index contributed by atoms with van der Waals surface area (Å²) >= 11 is 0. The van der Waals surface area contributed by atoms with Crippen LogP contribution < -0.4 is 0 Å². The van der Waals surface area contributed by atoms with Gasteiger partial charge in [0.2, 0.25) is 0 Å². The molecule has 2 heterocycles. The van der Waals surface area contributed by atoms with E-state index in [4.69, 9.17) is 9.73 Å². The van der Waals surface area contributed by atoms with Gasteiger partial charge < -0.3 is 4.74 Å². The lowest BCUT2D eigenvalue weighted by atomic mass is 10.0. The van der Waals surface area contributed by atoms with E-state index < -0.39 is 19.9 Å². The highest BCUT2D eigenvalue weighted by Gasteiger charge is 2.38. The van der Waals surface area contributed by atoms with Crippen molar-refractivity contribution < 1.29 is 17.9 Å². The van der Waals surface area contributed by atoms with Crippen LogP contribution in [-0.4, -0.2) is 35.2 Å². The third kappa shape index (κ3) is 6.04. The maximum Gasteiger partial charge on any atom is 0.435 e. The van der Waals surface area contributed by atoms with Crippen LogP contribution in [0.4, 0.5) is 18.9 Å². The van der Waals surface area contributed by atoms with Crippen LogP contribution in [0.25, 0.3) is 10.9 Å². The van der Waals surface area contributed by atoms with E-state index in [1.807, 2.05) is 60.7 Å². The number of halogens is 3. The Morgan fingerprint density at radius 2 is 1.54 bits per heavy atom. The third-order valence-electron chi connectivity index (χ3n) is 5.45. The van der Waals surface area contributed by atoms with E-state index in [1.165, 1.54) is 17.1 Å². The Kier molecular flexibility index (Phi) is 7.18. The first-order valence-electron chi connectivity index (χ1n) is 11.3. The lowest BCUT2D eigenvalue weighted by molar-refractivity contribution is -0.140. The molecule has 182 valence electrons. The first-order chi connectivity index (χ1) is 16.6. The van der Waals surface area contributed by atoms with Crippen LogP contribution in [-0.2, 0) is 17.6 Å². The van der Waals surface area contributed by atoms with Gasteiger partial charge in [-0.05, 0) is 6.04 Å². The highest BCUT2D eigenvalue weighted by atomic mass is 28.3. The average molecular weight is 497 g/mol. The Morgan fingerprint density at radius 3 is 2.09 bits per heavy atom. The van der Waals surface area contributed by atoms with Gasteiger partial charge in [-0.1, -0.05) is 80.3 Å². The summed E-state index contributed by atoms with van der Waals surface area (Å²) in [6.07, 6.45) is -1.93. The number of fused-ring (bicyclic) bond motifs is 1. The standard InChI is InChI=1S/C26H27F3N4OSi/c1-35(2,3)15-14-34-18-33-22-17-30-16-21(23(22)25(32-33)26(27,28)29)31-24(19-10-6-4-7-11-19)20-12-8-5-9-13-20/h4-13,16-17H,14-15,18H2,1-3H3. The molecule has 0 atom stereocenters. The van der Waals surface area contributed by atoms with Crippen molar-refractivity contribution in [1.82, 2.24) is 14.8 Å². The fourth-order valence-electron chi connectivity index (χ4n) is 3.62. The molecule has 0 aliphatic rings. The molecule has 0 fully saturated rings. The summed E-state index contributed by atoms with van der Waals surface area (Å²) in [6, 6.07) is 19.6. The third-order valence-corrected chi connectivity index (χ3v) is 7.15. The topological polar surface area (TPSA) is 52.3 Å². The number of ether oxygens (including phenoxy) is 1. The van der Waals surface area contributed by atoms with Crippen LogP contribution in [0.1, 0.15) is 16.8 Å². The van der Waals surface area contributed by atoms with Crippen molar-refractivity contribution in [2.24, 2.45) is 4.99 Å². The maximum atomic E-state index is 14.1. The molecule has 2 aromatic heterocycles. The first-order valence-corrected chi connectivity index (χ1v) is 15.0. The van der Waals surface area contributed by atoms with Crippen molar-refractivity contribution >= 4 is 30.4 Å². The molecule has 0 aliphatic heterocycles. The van der Waals surface area contributed by atoms with Crippen LogP contribution in [0.3, 0.4) is 0 Å². The second kappa shape index (κ2) is 10.1. The Bertz CT molecular complexity index is 1270. The van der Waals surface area contributed by atoms with Gasteiger partial charge in [-0.15, -0.1) is 0 Å². The molecular formula is C26H27F3N4OSi. The predicted molar refractivity (Wildman–Crippen MR) is 135 cm³/mol. The van der Waals surface area contributed by atoms with E-state index in [9.17, 15) is 13.2 Å². The number of nitrogens with zero attached hydrogens (tertiary/aromatic N) is 4. The molecule has 0 bridgehead atoms. The highest BCUT2D eigenvalue weighted by molar-refractivity contribution is 6.76. The van der Waals surface area contributed by atoms with E-state index in [0.717, 1.165) is 17.2 Å². The maximum absolute atomic E-state index is 14.1. The number of alkyl halides is 3. The molecule has 0 saturated carbocycles. The van der Waals surface area contributed by atoms with E-state index in [-0.39, 0.29) is 23.3 Å². The molecular weight excluding hydrogens is 469 g/mol. The number of aliphatic imine (C=N–C) groups is 1. The van der Waals surface area contributed by atoms with Gasteiger partial charge in [0.1, 0.15) is 6.73 Å². The van der Waals surface area contributed by atoms with Gasteiger partial charge in [0.15, 0.2) is 5.69 Å². The molecule has 0 spiro atoms. The molecule has 35 heavy (non-hydrogen) atoms. The number of benzene rings is 2. The van der Waals surface area contributed by atoms with E-state index in [1.54, 1.807) is 0 Å². The summed E-state index contributed by atoms with van der Waals surface area (Å²) in [5.74, 6) is 0. The fraction of sp³-hybridized carbons (Fsp3) is 0.269. The van der Waals surface area contributed by atoms with Crippen LogP contribution in [0.15, 0.2) is 78.0 Å². The van der Waals surface area contributed by atoms with Crippen LogP contribution in [0, 0.1) is 0 Å². The van der Waals surface area contributed by atoms with Crippen molar-refractivity contribution in [2.75, 3.05) is 6.61 Å². The zero-order valence-corrected chi connectivity index (χ0v) is 20.9. The van der Waals surface area contributed by atoms with Crippen LogP contribution in [0.5, 0.6) is 0 Å². The van der Waals surface area contributed by atoms with Gasteiger partial charge in [-0.3, -0.25) is 4.98 Å². The van der Waals surface area contributed by atoms with Crippen LogP contribution >= 0.6 is 0 Å². The molecule has 0 unspecified atom stereocenters. The Hall–Kier alpha value is -3.30. The van der Waals surface area contributed by atoms with E-state index >= 15 is 0 Å². The van der Waals surface area contributed by atoms with Crippen molar-refractivity contribution in [3.8, 4) is 0 Å². The van der Waals surface area contributed by atoms with Gasteiger partial charge in [-0.25, -0.2) is 9.67 Å². The first kappa shape index (κ1) is 24.8. The largest absolute Gasteiger partial charge is 0.435 e. The minimum Gasteiger partial charge on any atom is -0.360 e. The minimum absolute atomic E-state index is 0.0872. The summed E-state index contributed by atoms with van der Waals surface area (Å²) < 4.78 is 49.1. The summed E-state index contributed by atoms with van der Waals surface area (Å²) in [5, 5.41) is 3.78. The van der Waals surface area contributed by atoms with Gasteiger partial charge in [0, 0.05) is 25.8 Å². The van der Waals surface area contributed by atoms with Crippen LogP contribution in [0.2, 0.25) is 25.7 Å². The summed E-state index contributed by atoms with van der Waals surface area (Å²) in [6.45, 7) is 7.03. The van der Waals surface area contributed by atoms with Gasteiger partial charge in [-0.2, -0.15) is 18.3 Å². The number of hydrogen-bond donors (Lipinski definition) is 0. The highest BCUT2D eigenvalue weighted by Crippen LogP contribution is 2.38. The molecule has 4 rings (SSSR count). The lowest BCUT2D eigenvalue weighted by Crippen LogP contribution is -2.22. The number of aromatic nitrogens is 3. The summed E-state index contributed by atoms with van der Waals surface area (Å²) in [5.41, 5.74) is 1.45. The average Bonchev–Trinajstić information content (AvgIpc) is 3.21. The van der Waals surface area contributed by atoms with E-state index in [0.29, 0.717) is 12.3 Å². The Balaban J connectivity index is 1.83. The number of hydrogen-bond acceptors (Lipinski definition) is 4. The fourth-order valence-corrected chi connectivity index (χ4v) is 4.38. The normalized spacial score (nSPS) is 12.2. The minimum atomic E-state index is -4.66. The van der Waals surface area contributed by atoms with Crippen molar-refractivity contribution in [1.29, 1.82) is 0 Å². The van der Waals surface area contributed by atoms with Gasteiger partial charge in [0.05, 0.1) is 34.7 Å². The molecule has 0 aliphatic carbocycles. The van der Waals surface area contributed by atoms with Gasteiger partial charge >= 0.3 is 6.18 Å². The van der Waals surface area contributed by atoms with Crippen molar-refractivity contribution in [3.05, 3.63) is 89.9 Å². The Labute approximate surface area is 203 Å². The van der Waals surface area contributed by atoms with Crippen molar-refractivity contribution in [2.45, 2.75) is 38.6 Å². The summed E-state index contributed by atoms with van der Waals surface area (Å²) in [7, 11) is -1.33. The molecule has 0 N–H and O–H groups in total. The van der Waals surface area contributed by atoms with Crippen molar-refractivity contribution in [3.63, 3.8) is 0 Å². The monoisotopic (exact) mass is 496 g/mol. The summed E-state index contributed by atoms with van der Waals surface area (Å²) in [4.78, 5) is 8.90. The molecule has 5 nitrogen and oxygen atoms in total.